The van der Waals surface area contributed by atoms with Crippen LogP contribution in [0, 0.1) is 0 Å². The third-order valence-corrected chi connectivity index (χ3v) is 6.66. The van der Waals surface area contributed by atoms with Crippen molar-refractivity contribution in [1.29, 1.82) is 0 Å². The summed E-state index contributed by atoms with van der Waals surface area (Å²) in [6.45, 7) is 3.20. The quantitative estimate of drug-likeness (QED) is 0.688. The van der Waals surface area contributed by atoms with Crippen LogP contribution in [0.1, 0.15) is 29.6 Å². The summed E-state index contributed by atoms with van der Waals surface area (Å²) in [5.41, 5.74) is 1.49. The van der Waals surface area contributed by atoms with Crippen LogP contribution in [0.25, 0.3) is 0 Å². The maximum atomic E-state index is 12.9. The molecule has 150 valence electrons. The molecule has 0 aliphatic carbocycles. The highest BCUT2D eigenvalue weighted by molar-refractivity contribution is 7.89. The van der Waals surface area contributed by atoms with Gasteiger partial charge in [-0.1, -0.05) is 11.6 Å². The van der Waals surface area contributed by atoms with Crippen molar-refractivity contribution >= 4 is 28.3 Å². The van der Waals surface area contributed by atoms with E-state index in [4.69, 9.17) is 4.74 Å². The van der Waals surface area contributed by atoms with E-state index in [0.717, 1.165) is 32.4 Å². The fourth-order valence-electron chi connectivity index (χ4n) is 3.21. The monoisotopic (exact) mass is 415 g/mol. The Morgan fingerprint density at radius 3 is 2.67 bits per heavy atom. The van der Waals surface area contributed by atoms with Gasteiger partial charge in [0.1, 0.15) is 10.6 Å². The smallest absolute Gasteiger partial charge is 0.251 e. The number of hydrogen-bond donors (Lipinski definition) is 2. The minimum Gasteiger partial charge on any atom is -0.495 e. The van der Waals surface area contributed by atoms with Crippen molar-refractivity contribution < 1.29 is 17.9 Å². The Balaban J connectivity index is 0.00000261. The van der Waals surface area contributed by atoms with Gasteiger partial charge in [0.15, 0.2) is 0 Å². The van der Waals surface area contributed by atoms with Gasteiger partial charge in [0.05, 0.1) is 7.11 Å². The predicted octanol–water partition coefficient (Wildman–Crippen LogP) is 1.55. The molecule has 0 atom stereocenters. The first-order chi connectivity index (χ1) is 12.5. The van der Waals surface area contributed by atoms with Crippen molar-refractivity contribution in [3.63, 3.8) is 0 Å². The number of rotatable bonds is 6. The number of nitrogens with zero attached hydrogens (tertiary/aromatic N) is 1. The fourth-order valence-corrected chi connectivity index (χ4v) is 4.91. The molecular weight excluding hydrogens is 390 g/mol. The zero-order chi connectivity index (χ0) is 18.6. The first-order valence-corrected chi connectivity index (χ1v) is 10.3. The minimum atomic E-state index is -3.66. The molecule has 1 aromatic carbocycles. The van der Waals surface area contributed by atoms with Crippen molar-refractivity contribution in [3.8, 4) is 5.75 Å². The van der Waals surface area contributed by atoms with Crippen LogP contribution in [0.15, 0.2) is 34.7 Å². The van der Waals surface area contributed by atoms with Crippen LogP contribution in [0.2, 0.25) is 0 Å². The van der Waals surface area contributed by atoms with Gasteiger partial charge in [-0.25, -0.2) is 8.42 Å². The second kappa shape index (κ2) is 9.54. The number of halogens is 1. The molecule has 7 nitrogen and oxygen atoms in total. The average molecular weight is 416 g/mol. The van der Waals surface area contributed by atoms with E-state index < -0.39 is 10.0 Å². The molecular formula is C18H26ClN3O4S. The van der Waals surface area contributed by atoms with Crippen LogP contribution in [0.4, 0.5) is 0 Å². The third-order valence-electron chi connectivity index (χ3n) is 4.74. The lowest BCUT2D eigenvalue weighted by Crippen LogP contribution is -2.30. The molecule has 1 saturated heterocycles. The molecule has 2 aliphatic heterocycles. The molecule has 1 fully saturated rings. The summed E-state index contributed by atoms with van der Waals surface area (Å²) < 4.78 is 32.5. The van der Waals surface area contributed by atoms with Gasteiger partial charge in [0.2, 0.25) is 10.0 Å². The van der Waals surface area contributed by atoms with Gasteiger partial charge in [0, 0.05) is 31.7 Å². The summed E-state index contributed by atoms with van der Waals surface area (Å²) >= 11 is 0. The molecule has 0 spiro atoms. The fraction of sp³-hybridized carbons (Fsp3) is 0.500. The van der Waals surface area contributed by atoms with Crippen molar-refractivity contribution in [2.24, 2.45) is 0 Å². The second-order valence-corrected chi connectivity index (χ2v) is 8.38. The molecule has 2 aliphatic rings. The highest BCUT2D eigenvalue weighted by atomic mass is 35.5. The van der Waals surface area contributed by atoms with E-state index in [2.05, 4.69) is 16.7 Å². The summed E-state index contributed by atoms with van der Waals surface area (Å²) in [5.74, 6) is -0.0283. The number of ether oxygens (including phenoxy) is 1. The first kappa shape index (κ1) is 21.7. The van der Waals surface area contributed by atoms with Gasteiger partial charge < -0.3 is 15.4 Å². The van der Waals surface area contributed by atoms with E-state index in [-0.39, 0.29) is 29.0 Å². The minimum absolute atomic E-state index is 0. The molecule has 1 amide bonds. The molecule has 1 aromatic rings. The largest absolute Gasteiger partial charge is 0.495 e. The zero-order valence-electron chi connectivity index (χ0n) is 15.4. The number of methoxy groups -OCH3 is 1. The SMILES string of the molecule is COc1ccc(C(=O)NCC2=CCNCC2)cc1S(=O)(=O)N1CCCC1.Cl. The van der Waals surface area contributed by atoms with Crippen LogP contribution < -0.4 is 15.4 Å². The van der Waals surface area contributed by atoms with Crippen molar-refractivity contribution in [3.05, 3.63) is 35.4 Å². The summed E-state index contributed by atoms with van der Waals surface area (Å²) in [5, 5.41) is 6.09. The van der Waals surface area contributed by atoms with Gasteiger partial charge in [-0.15, -0.1) is 12.4 Å². The summed E-state index contributed by atoms with van der Waals surface area (Å²) in [6.07, 6.45) is 4.68. The van der Waals surface area contributed by atoms with Gasteiger partial charge in [-0.3, -0.25) is 4.79 Å². The third kappa shape index (κ3) is 5.01. The number of hydrogen-bond acceptors (Lipinski definition) is 5. The lowest BCUT2D eigenvalue weighted by atomic mass is 10.1. The molecule has 0 radical (unpaired) electrons. The molecule has 27 heavy (non-hydrogen) atoms. The van der Waals surface area contributed by atoms with Crippen LogP contribution in [-0.4, -0.2) is 58.5 Å². The average Bonchev–Trinajstić information content (AvgIpc) is 3.22. The van der Waals surface area contributed by atoms with Crippen molar-refractivity contribution in [1.82, 2.24) is 14.9 Å². The lowest BCUT2D eigenvalue weighted by molar-refractivity contribution is 0.0956. The number of sulfonamides is 1. The number of nitrogens with one attached hydrogen (secondary N) is 2. The summed E-state index contributed by atoms with van der Waals surface area (Å²) in [6, 6.07) is 4.55. The van der Waals surface area contributed by atoms with Gasteiger partial charge in [-0.05, 0) is 44.0 Å². The molecule has 0 bridgehead atoms. The standard InChI is InChI=1S/C18H25N3O4S.ClH/c1-25-16-5-4-15(18(22)20-13-14-6-8-19-9-7-14)12-17(16)26(23,24)21-10-2-3-11-21;/h4-6,12,19H,2-3,7-11,13H2,1H3,(H,20,22);1H. The maximum Gasteiger partial charge on any atom is 0.251 e. The van der Waals surface area contributed by atoms with Crippen LogP contribution in [0.5, 0.6) is 5.75 Å². The van der Waals surface area contributed by atoms with Crippen LogP contribution in [0.3, 0.4) is 0 Å². The van der Waals surface area contributed by atoms with Crippen LogP contribution in [-0.2, 0) is 10.0 Å². The topological polar surface area (TPSA) is 87.7 Å². The maximum absolute atomic E-state index is 12.9. The Kier molecular flexibility index (Phi) is 7.67. The highest BCUT2D eigenvalue weighted by Crippen LogP contribution is 2.29. The van der Waals surface area contributed by atoms with E-state index in [1.807, 2.05) is 0 Å². The van der Waals surface area contributed by atoms with Gasteiger partial charge in [-0.2, -0.15) is 4.31 Å². The zero-order valence-corrected chi connectivity index (χ0v) is 17.0. The predicted molar refractivity (Wildman–Crippen MR) is 106 cm³/mol. The Morgan fingerprint density at radius 2 is 2.04 bits per heavy atom. The summed E-state index contributed by atoms with van der Waals surface area (Å²) in [7, 11) is -2.23. The Morgan fingerprint density at radius 1 is 1.30 bits per heavy atom. The van der Waals surface area contributed by atoms with Crippen LogP contribution >= 0.6 is 12.4 Å². The number of carbonyl (C=O) groups excluding carboxylic acids is 1. The number of carbonyl (C=O) groups is 1. The van der Waals surface area contributed by atoms with E-state index in [1.165, 1.54) is 23.1 Å². The lowest BCUT2D eigenvalue weighted by Gasteiger charge is -2.18. The molecule has 2 N–H and O–H groups in total. The highest BCUT2D eigenvalue weighted by Gasteiger charge is 2.30. The molecule has 3 rings (SSSR count). The molecule has 0 saturated carbocycles. The van der Waals surface area contributed by atoms with E-state index in [9.17, 15) is 13.2 Å². The van der Waals surface area contributed by atoms with E-state index >= 15 is 0 Å². The number of amides is 1. The van der Waals surface area contributed by atoms with Crippen molar-refractivity contribution in [2.75, 3.05) is 39.8 Å². The molecule has 9 heteroatoms. The van der Waals surface area contributed by atoms with E-state index in [0.29, 0.717) is 25.2 Å². The van der Waals surface area contributed by atoms with E-state index in [1.54, 1.807) is 12.1 Å². The second-order valence-electron chi connectivity index (χ2n) is 6.48. The molecule has 0 aromatic heterocycles. The Hall–Kier alpha value is -1.61. The van der Waals surface area contributed by atoms with Gasteiger partial charge >= 0.3 is 0 Å². The summed E-state index contributed by atoms with van der Waals surface area (Å²) in [4.78, 5) is 12.5. The number of benzene rings is 1. The normalized spacial score (nSPS) is 17.7. The Bertz CT molecular complexity index is 805. The first-order valence-electron chi connectivity index (χ1n) is 8.87. The van der Waals surface area contributed by atoms with Crippen molar-refractivity contribution in [2.45, 2.75) is 24.2 Å². The van der Waals surface area contributed by atoms with Gasteiger partial charge in [0.25, 0.3) is 5.91 Å². The molecule has 2 heterocycles. The Labute approximate surface area is 166 Å². The molecule has 0 unspecified atom stereocenters.